The number of aryl methyl sites for hydroxylation is 1. The molecule has 0 spiro atoms. The second kappa shape index (κ2) is 8.77. The Morgan fingerprint density at radius 1 is 0.938 bits per heavy atom. The Kier molecular flexibility index (Phi) is 6.20. The predicted molar refractivity (Wildman–Crippen MR) is 138 cm³/mol. The van der Waals surface area contributed by atoms with E-state index in [0.717, 1.165) is 37.1 Å². The molecule has 0 unspecified atom stereocenters. The number of amides is 2. The minimum absolute atomic E-state index is 0.0249. The molecule has 2 amide bonds. The van der Waals surface area contributed by atoms with Crippen molar-refractivity contribution in [2.24, 2.45) is 0 Å². The molecule has 0 saturated carbocycles. The number of thiocarbonyl (C=S) groups is 1. The van der Waals surface area contributed by atoms with Crippen molar-refractivity contribution >= 4 is 72.8 Å². The Hall–Kier alpha value is -2.55. The number of carbonyl (C=O) groups is 2. The molecule has 2 aromatic carbocycles. The summed E-state index contributed by atoms with van der Waals surface area (Å²) in [4.78, 5) is 27.5. The highest BCUT2D eigenvalue weighted by molar-refractivity contribution is 9.10. The highest BCUT2D eigenvalue weighted by atomic mass is 79.9. The lowest BCUT2D eigenvalue weighted by atomic mass is 10.1. The van der Waals surface area contributed by atoms with Crippen molar-refractivity contribution in [1.29, 1.82) is 0 Å². The van der Waals surface area contributed by atoms with Gasteiger partial charge in [0.25, 0.3) is 11.8 Å². The van der Waals surface area contributed by atoms with Gasteiger partial charge in [0.2, 0.25) is 0 Å². The van der Waals surface area contributed by atoms with Gasteiger partial charge in [0.05, 0.1) is 5.69 Å². The first kappa shape index (κ1) is 22.6. The number of halogens is 2. The van der Waals surface area contributed by atoms with Crippen LogP contribution in [-0.4, -0.2) is 21.5 Å². The molecule has 2 heterocycles. The summed E-state index contributed by atoms with van der Waals surface area (Å²) >= 11 is 12.4. The molecular weight excluding hydrogens is 554 g/mol. The SMILES string of the molecule is Cc1cccc(N2C(=O)/C(=C/c3c(Br)c(C)n(-c4ccc(Br)cc4)c3C)C(=O)NC2=S)c1. The molecule has 1 aromatic heterocycles. The number of hydrogen-bond acceptors (Lipinski definition) is 3. The Morgan fingerprint density at radius 3 is 2.28 bits per heavy atom. The first-order valence-electron chi connectivity index (χ1n) is 9.80. The molecule has 1 fully saturated rings. The average Bonchev–Trinajstić information content (AvgIpc) is 2.94. The smallest absolute Gasteiger partial charge is 0.270 e. The summed E-state index contributed by atoms with van der Waals surface area (Å²) in [6, 6.07) is 15.4. The van der Waals surface area contributed by atoms with Gasteiger partial charge < -0.3 is 4.57 Å². The number of nitrogens with one attached hydrogen (secondary N) is 1. The zero-order valence-electron chi connectivity index (χ0n) is 17.6. The number of nitrogens with zero attached hydrogens (tertiary/aromatic N) is 2. The highest BCUT2D eigenvalue weighted by Gasteiger charge is 2.35. The van der Waals surface area contributed by atoms with E-state index >= 15 is 0 Å². The number of aromatic nitrogens is 1. The van der Waals surface area contributed by atoms with Crippen molar-refractivity contribution in [2.75, 3.05) is 4.90 Å². The standard InChI is InChI=1S/C24H19Br2N3O2S/c1-13-5-4-6-18(11-13)29-23(31)20(22(30)27-24(29)32)12-19-14(2)28(15(3)21(19)26)17-9-7-16(25)8-10-17/h4-12H,1-3H3,(H,27,30,32)/b20-12+. The van der Waals surface area contributed by atoms with Gasteiger partial charge in [-0.15, -0.1) is 0 Å². The van der Waals surface area contributed by atoms with Gasteiger partial charge in [-0.05, 0) is 97.0 Å². The lowest BCUT2D eigenvalue weighted by Crippen LogP contribution is -2.54. The maximum Gasteiger partial charge on any atom is 0.270 e. The van der Waals surface area contributed by atoms with Crippen LogP contribution in [0.5, 0.6) is 0 Å². The summed E-state index contributed by atoms with van der Waals surface area (Å²) in [6.07, 6.45) is 1.63. The Balaban J connectivity index is 1.81. The molecule has 0 aliphatic carbocycles. The fourth-order valence-corrected chi connectivity index (χ4v) is 4.90. The zero-order valence-corrected chi connectivity index (χ0v) is 21.6. The van der Waals surface area contributed by atoms with Crippen LogP contribution in [0.15, 0.2) is 63.0 Å². The molecule has 0 radical (unpaired) electrons. The van der Waals surface area contributed by atoms with Gasteiger partial charge in [0.15, 0.2) is 5.11 Å². The van der Waals surface area contributed by atoms with Gasteiger partial charge in [0, 0.05) is 31.6 Å². The van der Waals surface area contributed by atoms with Crippen LogP contribution in [0.3, 0.4) is 0 Å². The molecule has 1 aliphatic rings. The van der Waals surface area contributed by atoms with E-state index in [1.54, 1.807) is 12.1 Å². The maximum absolute atomic E-state index is 13.4. The summed E-state index contributed by atoms with van der Waals surface area (Å²) < 4.78 is 3.89. The van der Waals surface area contributed by atoms with Gasteiger partial charge in [-0.3, -0.25) is 19.8 Å². The molecule has 5 nitrogen and oxygen atoms in total. The number of benzene rings is 2. The largest absolute Gasteiger partial charge is 0.317 e. The Labute approximate surface area is 208 Å². The third kappa shape index (κ3) is 3.98. The Bertz CT molecular complexity index is 1310. The van der Waals surface area contributed by atoms with Crippen LogP contribution in [0.2, 0.25) is 0 Å². The van der Waals surface area contributed by atoms with Gasteiger partial charge in [0.1, 0.15) is 5.57 Å². The first-order chi connectivity index (χ1) is 15.2. The van der Waals surface area contributed by atoms with Gasteiger partial charge >= 0.3 is 0 Å². The van der Waals surface area contributed by atoms with Crippen LogP contribution in [0.4, 0.5) is 5.69 Å². The summed E-state index contributed by atoms with van der Waals surface area (Å²) in [6.45, 7) is 5.88. The highest BCUT2D eigenvalue weighted by Crippen LogP contribution is 2.33. The molecule has 32 heavy (non-hydrogen) atoms. The van der Waals surface area contributed by atoms with Crippen LogP contribution in [0.25, 0.3) is 11.8 Å². The maximum atomic E-state index is 13.4. The van der Waals surface area contributed by atoms with E-state index in [9.17, 15) is 9.59 Å². The van der Waals surface area contributed by atoms with Crippen molar-refractivity contribution in [3.05, 3.63) is 85.6 Å². The summed E-state index contributed by atoms with van der Waals surface area (Å²) in [5, 5.41) is 2.72. The summed E-state index contributed by atoms with van der Waals surface area (Å²) in [5.41, 5.74) is 5.24. The van der Waals surface area contributed by atoms with E-state index in [0.29, 0.717) is 5.69 Å². The van der Waals surface area contributed by atoms with Crippen molar-refractivity contribution in [2.45, 2.75) is 20.8 Å². The normalized spacial score (nSPS) is 15.5. The predicted octanol–water partition coefficient (Wildman–Crippen LogP) is 5.76. The van der Waals surface area contributed by atoms with Crippen LogP contribution in [-0.2, 0) is 9.59 Å². The summed E-state index contributed by atoms with van der Waals surface area (Å²) in [5.74, 6) is -0.964. The van der Waals surface area contributed by atoms with Crippen LogP contribution in [0.1, 0.15) is 22.5 Å². The van der Waals surface area contributed by atoms with E-state index < -0.39 is 11.8 Å². The number of rotatable bonds is 3. The van der Waals surface area contributed by atoms with Crippen molar-refractivity contribution in [3.63, 3.8) is 0 Å². The second-order valence-electron chi connectivity index (χ2n) is 7.51. The minimum atomic E-state index is -0.510. The Morgan fingerprint density at radius 2 is 1.62 bits per heavy atom. The zero-order chi connectivity index (χ0) is 23.2. The van der Waals surface area contributed by atoms with Crippen molar-refractivity contribution in [3.8, 4) is 5.69 Å². The van der Waals surface area contributed by atoms with E-state index in [4.69, 9.17) is 12.2 Å². The van der Waals surface area contributed by atoms with Gasteiger partial charge in [-0.25, -0.2) is 0 Å². The molecule has 1 N–H and O–H groups in total. The molecule has 4 rings (SSSR count). The molecule has 3 aromatic rings. The lowest BCUT2D eigenvalue weighted by molar-refractivity contribution is -0.122. The van der Waals surface area contributed by atoms with Crippen LogP contribution < -0.4 is 10.2 Å². The molecule has 1 saturated heterocycles. The molecule has 0 atom stereocenters. The second-order valence-corrected chi connectivity index (χ2v) is 9.60. The van der Waals surface area contributed by atoms with E-state index in [1.165, 1.54) is 4.90 Å². The fourth-order valence-electron chi connectivity index (χ4n) is 3.77. The quantitative estimate of drug-likeness (QED) is 0.247. The number of carbonyl (C=O) groups excluding carboxylic acids is 2. The topological polar surface area (TPSA) is 54.3 Å². The van der Waals surface area contributed by atoms with Crippen molar-refractivity contribution in [1.82, 2.24) is 9.88 Å². The fraction of sp³-hybridized carbons (Fsp3) is 0.125. The third-order valence-corrected chi connectivity index (χ3v) is 7.16. The van der Waals surface area contributed by atoms with E-state index in [2.05, 4.69) is 41.7 Å². The van der Waals surface area contributed by atoms with Crippen LogP contribution >= 0.6 is 44.1 Å². The molecule has 0 bridgehead atoms. The van der Waals surface area contributed by atoms with Crippen LogP contribution in [0, 0.1) is 20.8 Å². The third-order valence-electron chi connectivity index (χ3n) is 5.35. The van der Waals surface area contributed by atoms with Gasteiger partial charge in [-0.1, -0.05) is 28.1 Å². The number of hydrogen-bond donors (Lipinski definition) is 1. The monoisotopic (exact) mass is 571 g/mol. The first-order valence-corrected chi connectivity index (χ1v) is 11.8. The number of anilines is 1. The van der Waals surface area contributed by atoms with E-state index in [-0.39, 0.29) is 10.7 Å². The molecule has 162 valence electrons. The van der Waals surface area contributed by atoms with Gasteiger partial charge in [-0.2, -0.15) is 0 Å². The van der Waals surface area contributed by atoms with Crippen molar-refractivity contribution < 1.29 is 9.59 Å². The minimum Gasteiger partial charge on any atom is -0.317 e. The molecule has 1 aliphatic heterocycles. The van der Waals surface area contributed by atoms with E-state index in [1.807, 2.05) is 63.2 Å². The average molecular weight is 573 g/mol. The molecular formula is C24H19Br2N3O2S. The lowest BCUT2D eigenvalue weighted by Gasteiger charge is -2.29. The summed E-state index contributed by atoms with van der Waals surface area (Å²) in [7, 11) is 0. The molecule has 8 heteroatoms.